The van der Waals surface area contributed by atoms with Gasteiger partial charge in [-0.25, -0.2) is 0 Å². The Morgan fingerprint density at radius 1 is 1.39 bits per heavy atom. The van der Waals surface area contributed by atoms with Crippen molar-refractivity contribution in [3.05, 3.63) is 0 Å². The summed E-state index contributed by atoms with van der Waals surface area (Å²) in [7, 11) is 0. The molecule has 1 amide bonds. The van der Waals surface area contributed by atoms with Crippen LogP contribution < -0.4 is 5.32 Å². The summed E-state index contributed by atoms with van der Waals surface area (Å²) in [5.74, 6) is -0.0851. The van der Waals surface area contributed by atoms with Crippen molar-refractivity contribution in [1.82, 2.24) is 5.32 Å². The second-order valence-electron chi connectivity index (χ2n) is 6.60. The predicted octanol–water partition coefficient (Wildman–Crippen LogP) is 1.59. The molecule has 0 aromatic rings. The van der Waals surface area contributed by atoms with Gasteiger partial charge < -0.3 is 15.5 Å². The molecular formula is C14H27NO3. The number of carbonyl (C=O) groups is 1. The highest BCUT2D eigenvalue weighted by Gasteiger charge is 2.33. The fraction of sp³-hybridized carbons (Fsp3) is 0.929. The van der Waals surface area contributed by atoms with E-state index in [1.165, 1.54) is 0 Å². The summed E-state index contributed by atoms with van der Waals surface area (Å²) in [5.41, 5.74) is -0.902. The maximum absolute atomic E-state index is 11.8. The number of hydrogen-bond acceptors (Lipinski definition) is 3. The molecule has 0 aromatic carbocycles. The first-order valence-corrected chi connectivity index (χ1v) is 6.90. The summed E-state index contributed by atoms with van der Waals surface area (Å²) in [6, 6.07) is 0. The number of rotatable bonds is 6. The second-order valence-corrected chi connectivity index (χ2v) is 6.60. The first-order valence-electron chi connectivity index (χ1n) is 6.90. The van der Waals surface area contributed by atoms with Crippen molar-refractivity contribution in [1.29, 1.82) is 0 Å². The van der Waals surface area contributed by atoms with Gasteiger partial charge in [0.1, 0.15) is 0 Å². The molecule has 0 heterocycles. The molecule has 1 rings (SSSR count). The number of amides is 1. The minimum atomic E-state index is -0.779. The van der Waals surface area contributed by atoms with Crippen LogP contribution in [-0.2, 0) is 4.79 Å². The molecule has 3 N–H and O–H groups in total. The zero-order valence-corrected chi connectivity index (χ0v) is 11.8. The van der Waals surface area contributed by atoms with E-state index < -0.39 is 5.60 Å². The van der Waals surface area contributed by atoms with E-state index in [1.54, 1.807) is 6.92 Å². The van der Waals surface area contributed by atoms with E-state index in [1.807, 2.05) is 13.8 Å². The van der Waals surface area contributed by atoms with Crippen molar-refractivity contribution in [3.63, 3.8) is 0 Å². The molecule has 1 atom stereocenters. The highest BCUT2D eigenvalue weighted by Crippen LogP contribution is 2.32. The van der Waals surface area contributed by atoms with Crippen molar-refractivity contribution in [2.75, 3.05) is 6.54 Å². The average molecular weight is 257 g/mol. The normalized spacial score (nSPS) is 20.7. The summed E-state index contributed by atoms with van der Waals surface area (Å²) in [4.78, 5) is 11.8. The summed E-state index contributed by atoms with van der Waals surface area (Å²) in [6.07, 6.45) is 3.98. The maximum Gasteiger partial charge on any atom is 0.222 e. The van der Waals surface area contributed by atoms with Crippen LogP contribution in [0.1, 0.15) is 59.3 Å². The monoisotopic (exact) mass is 257 g/mol. The van der Waals surface area contributed by atoms with Crippen LogP contribution in [0.5, 0.6) is 0 Å². The van der Waals surface area contributed by atoms with Gasteiger partial charge in [-0.2, -0.15) is 0 Å². The van der Waals surface area contributed by atoms with E-state index in [9.17, 15) is 15.0 Å². The lowest BCUT2D eigenvalue weighted by Gasteiger charge is -2.27. The summed E-state index contributed by atoms with van der Waals surface area (Å²) < 4.78 is 0. The molecule has 0 spiro atoms. The third-order valence-corrected chi connectivity index (χ3v) is 3.64. The van der Waals surface area contributed by atoms with Crippen molar-refractivity contribution >= 4 is 5.91 Å². The van der Waals surface area contributed by atoms with Crippen LogP contribution in [0.3, 0.4) is 0 Å². The van der Waals surface area contributed by atoms with Gasteiger partial charge in [-0.15, -0.1) is 0 Å². The zero-order valence-electron chi connectivity index (χ0n) is 11.8. The molecule has 0 saturated heterocycles. The molecule has 0 aliphatic heterocycles. The Kier molecular flexibility index (Phi) is 5.17. The van der Waals surface area contributed by atoms with Gasteiger partial charge >= 0.3 is 0 Å². The first-order chi connectivity index (χ1) is 8.22. The lowest BCUT2D eigenvalue weighted by molar-refractivity contribution is -0.126. The minimum absolute atomic E-state index is 0.0851. The highest BCUT2D eigenvalue weighted by atomic mass is 16.3. The quantitative estimate of drug-likeness (QED) is 0.677. The molecule has 18 heavy (non-hydrogen) atoms. The third kappa shape index (κ3) is 5.36. The molecule has 1 fully saturated rings. The molecular weight excluding hydrogens is 230 g/mol. The van der Waals surface area contributed by atoms with Gasteiger partial charge in [0, 0.05) is 6.54 Å². The predicted molar refractivity (Wildman–Crippen MR) is 71.1 cm³/mol. The smallest absolute Gasteiger partial charge is 0.222 e. The molecule has 1 unspecified atom stereocenters. The van der Waals surface area contributed by atoms with Gasteiger partial charge in [0.05, 0.1) is 18.1 Å². The van der Waals surface area contributed by atoms with Crippen molar-refractivity contribution in [2.24, 2.45) is 5.41 Å². The molecule has 1 aliphatic carbocycles. The number of aliphatic hydroxyl groups is 2. The Labute approximate surface area is 110 Å². The largest absolute Gasteiger partial charge is 0.393 e. The van der Waals surface area contributed by atoms with Gasteiger partial charge in [-0.3, -0.25) is 4.79 Å². The fourth-order valence-corrected chi connectivity index (χ4v) is 2.78. The molecule has 0 radical (unpaired) electrons. The topological polar surface area (TPSA) is 69.6 Å². The summed E-state index contributed by atoms with van der Waals surface area (Å²) in [6.45, 7) is 6.33. The van der Waals surface area contributed by atoms with Gasteiger partial charge in [0.25, 0.3) is 0 Å². The Bertz CT molecular complexity index is 281. The molecule has 1 aliphatic rings. The number of aliphatic hydroxyl groups excluding tert-OH is 1. The Morgan fingerprint density at radius 2 is 1.94 bits per heavy atom. The Hall–Kier alpha value is -0.610. The van der Waals surface area contributed by atoms with Gasteiger partial charge in [0.15, 0.2) is 0 Å². The van der Waals surface area contributed by atoms with E-state index in [2.05, 4.69) is 5.32 Å². The molecule has 4 nitrogen and oxygen atoms in total. The van der Waals surface area contributed by atoms with Crippen LogP contribution in [0.4, 0.5) is 0 Å². The molecule has 4 heteroatoms. The Balaban J connectivity index is 2.32. The highest BCUT2D eigenvalue weighted by molar-refractivity contribution is 5.77. The zero-order chi connectivity index (χ0) is 13.8. The van der Waals surface area contributed by atoms with Crippen LogP contribution in [0, 0.1) is 5.41 Å². The van der Waals surface area contributed by atoms with E-state index >= 15 is 0 Å². The fourth-order valence-electron chi connectivity index (χ4n) is 2.78. The molecule has 0 bridgehead atoms. The Morgan fingerprint density at radius 3 is 2.44 bits per heavy atom. The molecule has 106 valence electrons. The standard InChI is InChI=1S/C14H27NO3/c1-11(16)8-13(2,3)10-15-12(17)9-14(18)6-4-5-7-14/h11,16,18H,4-10H2,1-3H3,(H,15,17). The van der Waals surface area contributed by atoms with Crippen molar-refractivity contribution < 1.29 is 15.0 Å². The van der Waals surface area contributed by atoms with Crippen LogP contribution in [-0.4, -0.2) is 34.4 Å². The van der Waals surface area contributed by atoms with E-state index in [-0.39, 0.29) is 23.8 Å². The number of carbonyl (C=O) groups excluding carboxylic acids is 1. The maximum atomic E-state index is 11.8. The lowest BCUT2D eigenvalue weighted by Crippen LogP contribution is -2.39. The van der Waals surface area contributed by atoms with Crippen molar-refractivity contribution in [2.45, 2.75) is 71.0 Å². The number of hydrogen-bond donors (Lipinski definition) is 3. The van der Waals surface area contributed by atoms with Gasteiger partial charge in [-0.1, -0.05) is 26.7 Å². The van der Waals surface area contributed by atoms with Crippen molar-refractivity contribution in [3.8, 4) is 0 Å². The summed E-state index contributed by atoms with van der Waals surface area (Å²) >= 11 is 0. The van der Waals surface area contributed by atoms with Gasteiger partial charge in [-0.05, 0) is 31.6 Å². The van der Waals surface area contributed by atoms with Crippen LogP contribution in [0.15, 0.2) is 0 Å². The lowest BCUT2D eigenvalue weighted by atomic mass is 9.87. The molecule has 0 aromatic heterocycles. The first kappa shape index (κ1) is 15.4. The minimum Gasteiger partial charge on any atom is -0.393 e. The molecule has 1 saturated carbocycles. The van der Waals surface area contributed by atoms with E-state index in [4.69, 9.17) is 0 Å². The van der Waals surface area contributed by atoms with Crippen LogP contribution >= 0.6 is 0 Å². The van der Waals surface area contributed by atoms with Crippen LogP contribution in [0.25, 0.3) is 0 Å². The van der Waals surface area contributed by atoms with E-state index in [0.717, 1.165) is 25.7 Å². The third-order valence-electron chi connectivity index (χ3n) is 3.64. The van der Waals surface area contributed by atoms with E-state index in [0.29, 0.717) is 13.0 Å². The number of nitrogens with one attached hydrogen (secondary N) is 1. The SMILES string of the molecule is CC(O)CC(C)(C)CNC(=O)CC1(O)CCCC1. The summed E-state index contributed by atoms with van der Waals surface area (Å²) in [5, 5.41) is 22.4. The average Bonchev–Trinajstić information content (AvgIpc) is 2.60. The van der Waals surface area contributed by atoms with Gasteiger partial charge in [0.2, 0.25) is 5.91 Å². The second kappa shape index (κ2) is 6.02. The van der Waals surface area contributed by atoms with Crippen LogP contribution in [0.2, 0.25) is 0 Å².